The molecule has 0 saturated carbocycles. The fourth-order valence-corrected chi connectivity index (χ4v) is 12.8. The van der Waals surface area contributed by atoms with E-state index in [2.05, 4.69) is 231 Å². The lowest BCUT2D eigenvalue weighted by Gasteiger charge is -2.47. The third-order valence-corrected chi connectivity index (χ3v) is 16.7. The minimum absolute atomic E-state index is 0.0294. The van der Waals surface area contributed by atoms with Gasteiger partial charge >= 0.3 is 0 Å². The van der Waals surface area contributed by atoms with Gasteiger partial charge in [0.25, 0.3) is 6.71 Å². The maximum atomic E-state index is 6.56. The molecule has 3 heterocycles. The summed E-state index contributed by atoms with van der Waals surface area (Å²) in [6.45, 7) is 24.0. The van der Waals surface area contributed by atoms with E-state index in [0.29, 0.717) is 0 Å². The first kappa shape index (κ1) is 41.4. The van der Waals surface area contributed by atoms with E-state index in [-0.39, 0.29) is 28.4 Å². The maximum Gasteiger partial charge on any atom is 0.252 e. The first-order valence-corrected chi connectivity index (χ1v) is 24.8. The Bertz CT molecular complexity index is 3620. The summed E-state index contributed by atoms with van der Waals surface area (Å²) in [7, 11) is 0. The number of hydrogen-bond acceptors (Lipinski definition) is 3. The van der Waals surface area contributed by atoms with Crippen molar-refractivity contribution in [3.05, 3.63) is 185 Å². The topological polar surface area (TPSA) is 19.6 Å². The molecule has 4 heteroatoms. The lowest BCUT2D eigenvalue weighted by molar-refractivity contribution is 0.332. The molecule has 9 aromatic rings. The van der Waals surface area contributed by atoms with E-state index in [1.807, 2.05) is 0 Å². The molecule has 0 unspecified atom stereocenters. The summed E-state index contributed by atoms with van der Waals surface area (Å²) < 4.78 is 6.56. The van der Waals surface area contributed by atoms with Gasteiger partial charge in [0.15, 0.2) is 0 Å². The normalized spacial score (nSPS) is 16.8. The molecule has 1 aromatic heterocycles. The molecule has 2 aliphatic carbocycles. The molecule has 0 radical (unpaired) electrons. The highest BCUT2D eigenvalue weighted by Crippen LogP contribution is 2.53. The van der Waals surface area contributed by atoms with Crippen LogP contribution in [-0.4, -0.2) is 6.71 Å². The molecule has 0 spiro atoms. The SMILES string of the molecule is Cc1cc2c3c(c1)N(c1ccc(-c4cccc5c4oc4ccccc45)cc1)c1cc4c(cc1B3c1ccc(C(C)(C)C)cc1N2c1ccc2c(c1)C(C)(C)c1ccccc1-2)C(C)(C)CCC4(C)C. The van der Waals surface area contributed by atoms with Gasteiger partial charge in [-0.15, -0.1) is 0 Å². The van der Waals surface area contributed by atoms with Gasteiger partial charge in [0.05, 0.1) is 0 Å². The van der Waals surface area contributed by atoms with E-state index in [1.54, 1.807) is 0 Å². The summed E-state index contributed by atoms with van der Waals surface area (Å²) in [5.74, 6) is 0. The van der Waals surface area contributed by atoms with Crippen LogP contribution in [0.4, 0.5) is 34.1 Å². The first-order valence-electron chi connectivity index (χ1n) is 24.8. The number of aryl methyl sites for hydroxylation is 1. The number of rotatable bonds is 3. The van der Waals surface area contributed by atoms with Gasteiger partial charge in [-0.05, 0) is 157 Å². The number of furan rings is 1. The van der Waals surface area contributed by atoms with Gasteiger partial charge in [-0.3, -0.25) is 0 Å². The molecule has 0 atom stereocenters. The van der Waals surface area contributed by atoms with Crippen molar-refractivity contribution in [3.63, 3.8) is 0 Å². The van der Waals surface area contributed by atoms with Crippen LogP contribution in [0.25, 0.3) is 44.2 Å². The van der Waals surface area contributed by atoms with E-state index < -0.39 is 0 Å². The molecule has 0 N–H and O–H groups in total. The Morgan fingerprint density at radius 3 is 1.87 bits per heavy atom. The summed E-state index contributed by atoms with van der Waals surface area (Å²) in [6.07, 6.45) is 2.33. The third-order valence-electron chi connectivity index (χ3n) is 16.7. The minimum atomic E-state index is -0.125. The fraction of sp³-hybridized carbons (Fsp3) is 0.250. The summed E-state index contributed by atoms with van der Waals surface area (Å²) in [6, 6.07) is 58.1. The predicted octanol–water partition coefficient (Wildman–Crippen LogP) is 15.6. The molecule has 4 aliphatic rings. The van der Waals surface area contributed by atoms with Crippen molar-refractivity contribution in [2.24, 2.45) is 0 Å². The van der Waals surface area contributed by atoms with Gasteiger partial charge in [-0.25, -0.2) is 0 Å². The van der Waals surface area contributed by atoms with Crippen LogP contribution in [0.2, 0.25) is 0 Å². The second kappa shape index (κ2) is 13.9. The van der Waals surface area contributed by atoms with Crippen LogP contribution in [0.15, 0.2) is 156 Å². The third kappa shape index (κ3) is 5.79. The zero-order valence-electron chi connectivity index (χ0n) is 41.2. The summed E-state index contributed by atoms with van der Waals surface area (Å²) >= 11 is 0. The van der Waals surface area contributed by atoms with Gasteiger partial charge in [0, 0.05) is 55.9 Å². The van der Waals surface area contributed by atoms with Crippen molar-refractivity contribution in [2.45, 2.75) is 104 Å². The van der Waals surface area contributed by atoms with E-state index >= 15 is 0 Å². The van der Waals surface area contributed by atoms with Gasteiger partial charge in [0.2, 0.25) is 0 Å². The lowest BCUT2D eigenvalue weighted by atomic mass is 9.33. The van der Waals surface area contributed by atoms with E-state index in [9.17, 15) is 0 Å². The van der Waals surface area contributed by atoms with E-state index in [1.165, 1.54) is 95.8 Å². The minimum Gasteiger partial charge on any atom is -0.455 e. The first-order chi connectivity index (χ1) is 32.5. The average molecular weight is 883 g/mol. The largest absolute Gasteiger partial charge is 0.455 e. The smallest absolute Gasteiger partial charge is 0.252 e. The van der Waals surface area contributed by atoms with Crippen molar-refractivity contribution in [1.29, 1.82) is 0 Å². The molecule has 2 aliphatic heterocycles. The highest BCUT2D eigenvalue weighted by molar-refractivity contribution is 7.00. The molecule has 334 valence electrons. The second-order valence-electron chi connectivity index (χ2n) is 23.3. The Hall–Kier alpha value is -6.78. The van der Waals surface area contributed by atoms with Crippen molar-refractivity contribution in [2.75, 3.05) is 9.80 Å². The molecule has 0 fully saturated rings. The zero-order valence-corrected chi connectivity index (χ0v) is 41.2. The van der Waals surface area contributed by atoms with E-state index in [4.69, 9.17) is 4.42 Å². The van der Waals surface area contributed by atoms with Crippen LogP contribution in [-0.2, 0) is 21.7 Å². The number of hydrogen-bond donors (Lipinski definition) is 0. The summed E-state index contributed by atoms with van der Waals surface area (Å²) in [4.78, 5) is 5.23. The van der Waals surface area contributed by atoms with Crippen LogP contribution in [0, 0.1) is 6.92 Å². The van der Waals surface area contributed by atoms with Crippen LogP contribution < -0.4 is 26.2 Å². The van der Waals surface area contributed by atoms with Crippen LogP contribution in [0.3, 0.4) is 0 Å². The van der Waals surface area contributed by atoms with Crippen LogP contribution in [0.5, 0.6) is 0 Å². The molecular weight excluding hydrogens is 824 g/mol. The number of fused-ring (bicyclic) bond motifs is 11. The van der Waals surface area contributed by atoms with Crippen molar-refractivity contribution >= 4 is 79.2 Å². The van der Waals surface area contributed by atoms with Crippen LogP contribution in [0.1, 0.15) is 109 Å². The fourth-order valence-electron chi connectivity index (χ4n) is 12.8. The zero-order chi connectivity index (χ0) is 46.8. The van der Waals surface area contributed by atoms with Gasteiger partial charge in [-0.1, -0.05) is 159 Å². The number of benzene rings is 8. The van der Waals surface area contributed by atoms with E-state index in [0.717, 1.165) is 45.2 Å². The maximum absolute atomic E-state index is 6.56. The summed E-state index contributed by atoms with van der Waals surface area (Å²) in [5, 5.41) is 2.30. The Kier molecular flexibility index (Phi) is 8.47. The van der Waals surface area contributed by atoms with Gasteiger partial charge in [0.1, 0.15) is 11.2 Å². The average Bonchev–Trinajstić information content (AvgIpc) is 3.81. The Morgan fingerprint density at radius 1 is 0.500 bits per heavy atom. The molecule has 0 saturated heterocycles. The number of para-hydroxylation sites is 2. The molecule has 68 heavy (non-hydrogen) atoms. The number of nitrogens with zero attached hydrogens (tertiary/aromatic N) is 2. The Morgan fingerprint density at radius 2 is 1.12 bits per heavy atom. The predicted molar refractivity (Wildman–Crippen MR) is 289 cm³/mol. The van der Waals surface area contributed by atoms with Gasteiger partial charge in [-0.2, -0.15) is 0 Å². The molecule has 8 aromatic carbocycles. The quantitative estimate of drug-likeness (QED) is 0.165. The molecule has 0 bridgehead atoms. The Balaban J connectivity index is 1.07. The standard InChI is InChI=1S/C64H59BN2O/c1-38-32-56-59-57(33-38)67(42-27-28-45-44-16-11-13-20-48(44)64(9,10)49(45)35-42)54-34-40(61(2,3)4)24-29-52(54)65(59)53-36-50-51(63(7,8)31-30-62(50,5)6)37-55(53)66(56)41-25-22-39(23-26-41)43-18-15-19-47-46-17-12-14-21-58(46)68-60(43)47/h11-29,32-37H,30-31H2,1-10H3. The second-order valence-corrected chi connectivity index (χ2v) is 23.3. The van der Waals surface area contributed by atoms with Gasteiger partial charge < -0.3 is 14.2 Å². The molecular formula is C64H59BN2O. The van der Waals surface area contributed by atoms with Crippen molar-refractivity contribution in [3.8, 4) is 22.3 Å². The molecule has 13 rings (SSSR count). The van der Waals surface area contributed by atoms with Crippen LogP contribution >= 0.6 is 0 Å². The molecule has 0 amide bonds. The van der Waals surface area contributed by atoms with Crippen molar-refractivity contribution < 1.29 is 4.42 Å². The molecule has 3 nitrogen and oxygen atoms in total. The lowest BCUT2D eigenvalue weighted by Crippen LogP contribution is -2.62. The highest BCUT2D eigenvalue weighted by Gasteiger charge is 2.47. The summed E-state index contributed by atoms with van der Waals surface area (Å²) in [5.41, 5.74) is 26.6. The number of anilines is 6. The monoisotopic (exact) mass is 882 g/mol. The highest BCUT2D eigenvalue weighted by atomic mass is 16.3. The van der Waals surface area contributed by atoms with Crippen molar-refractivity contribution in [1.82, 2.24) is 0 Å². The Labute approximate surface area is 402 Å².